The van der Waals surface area contributed by atoms with Gasteiger partial charge < -0.3 is 20.1 Å². The second-order valence-electron chi connectivity index (χ2n) is 5.67. The van der Waals surface area contributed by atoms with Crippen molar-refractivity contribution in [1.82, 2.24) is 5.32 Å². The highest BCUT2D eigenvalue weighted by atomic mass is 35.5. The lowest BCUT2D eigenvalue weighted by atomic mass is 10.2. The number of nitrogens with one attached hydrogen (secondary N) is 2. The van der Waals surface area contributed by atoms with E-state index in [1.807, 2.05) is 0 Å². The maximum atomic E-state index is 12.0. The van der Waals surface area contributed by atoms with Crippen LogP contribution in [0.4, 0.5) is 5.69 Å². The van der Waals surface area contributed by atoms with E-state index in [0.717, 1.165) is 12.8 Å². The minimum Gasteiger partial charge on any atom is -0.487 e. The van der Waals surface area contributed by atoms with Crippen molar-refractivity contribution >= 4 is 29.1 Å². The maximum Gasteiger partial charge on any atom is 0.224 e. The number of methoxy groups -OCH3 is 1. The van der Waals surface area contributed by atoms with Crippen molar-refractivity contribution in [3.8, 4) is 5.75 Å². The third-order valence-corrected chi connectivity index (χ3v) is 3.90. The summed E-state index contributed by atoms with van der Waals surface area (Å²) in [5.41, 5.74) is 0.533. The Labute approximate surface area is 146 Å². The van der Waals surface area contributed by atoms with Gasteiger partial charge in [-0.3, -0.25) is 9.59 Å². The van der Waals surface area contributed by atoms with Crippen LogP contribution in [0.1, 0.15) is 25.7 Å². The number of ether oxygens (including phenoxy) is 2. The molecule has 2 amide bonds. The first-order valence-electron chi connectivity index (χ1n) is 8.09. The number of carbonyl (C=O) groups excluding carboxylic acids is 2. The molecule has 1 saturated carbocycles. The molecule has 0 unspecified atom stereocenters. The van der Waals surface area contributed by atoms with Crippen LogP contribution < -0.4 is 15.4 Å². The van der Waals surface area contributed by atoms with Crippen LogP contribution in [0.3, 0.4) is 0 Å². The highest BCUT2D eigenvalue weighted by molar-refractivity contribution is 6.32. The molecule has 2 rings (SSSR count). The van der Waals surface area contributed by atoms with E-state index in [2.05, 4.69) is 10.6 Å². The molecule has 2 N–H and O–H groups in total. The molecule has 24 heavy (non-hydrogen) atoms. The van der Waals surface area contributed by atoms with Gasteiger partial charge in [0, 0.05) is 26.0 Å². The number of halogens is 1. The quantitative estimate of drug-likeness (QED) is 0.633. The van der Waals surface area contributed by atoms with Gasteiger partial charge in [-0.2, -0.15) is 0 Å². The fourth-order valence-electron chi connectivity index (χ4n) is 2.14. The van der Waals surface area contributed by atoms with E-state index in [4.69, 9.17) is 21.1 Å². The summed E-state index contributed by atoms with van der Waals surface area (Å²) in [6, 6.07) is 5.19. The Morgan fingerprint density at radius 3 is 2.79 bits per heavy atom. The number of anilines is 1. The van der Waals surface area contributed by atoms with Crippen LogP contribution in [-0.2, 0) is 14.3 Å². The van der Waals surface area contributed by atoms with Crippen molar-refractivity contribution in [2.75, 3.05) is 32.2 Å². The number of benzene rings is 1. The van der Waals surface area contributed by atoms with Gasteiger partial charge in [0.1, 0.15) is 6.61 Å². The van der Waals surface area contributed by atoms with E-state index in [1.54, 1.807) is 25.3 Å². The van der Waals surface area contributed by atoms with Crippen molar-refractivity contribution in [2.45, 2.75) is 25.7 Å². The molecule has 1 aliphatic carbocycles. The molecule has 1 aliphatic rings. The Balaban J connectivity index is 1.77. The third kappa shape index (κ3) is 6.02. The average molecular weight is 355 g/mol. The highest BCUT2D eigenvalue weighted by Crippen LogP contribution is 2.33. The summed E-state index contributed by atoms with van der Waals surface area (Å²) in [6.07, 6.45) is 2.86. The molecule has 0 aliphatic heterocycles. The number of para-hydroxylation sites is 1. The summed E-state index contributed by atoms with van der Waals surface area (Å²) < 4.78 is 10.5. The summed E-state index contributed by atoms with van der Waals surface area (Å²) in [5.74, 6) is 0.581. The summed E-state index contributed by atoms with van der Waals surface area (Å²) in [5, 5.41) is 6.07. The Morgan fingerprint density at radius 1 is 1.29 bits per heavy atom. The van der Waals surface area contributed by atoms with Gasteiger partial charge in [-0.25, -0.2) is 0 Å². The molecule has 0 spiro atoms. The van der Waals surface area contributed by atoms with E-state index < -0.39 is 0 Å². The molecule has 1 aromatic carbocycles. The topological polar surface area (TPSA) is 76.7 Å². The fraction of sp³-hybridized carbons (Fsp3) is 0.529. The second kappa shape index (κ2) is 9.49. The van der Waals surface area contributed by atoms with Crippen molar-refractivity contribution in [3.05, 3.63) is 23.2 Å². The van der Waals surface area contributed by atoms with Crippen molar-refractivity contribution in [3.63, 3.8) is 0 Å². The molecule has 132 valence electrons. The second-order valence-corrected chi connectivity index (χ2v) is 6.08. The molecule has 6 nitrogen and oxygen atoms in total. The van der Waals surface area contributed by atoms with Crippen LogP contribution in [0, 0.1) is 5.92 Å². The van der Waals surface area contributed by atoms with E-state index in [-0.39, 0.29) is 17.7 Å². The number of rotatable bonds is 10. The van der Waals surface area contributed by atoms with Gasteiger partial charge in [-0.05, 0) is 31.4 Å². The molecule has 0 aromatic heterocycles. The first-order chi connectivity index (χ1) is 11.6. The number of hydrogen-bond acceptors (Lipinski definition) is 4. The SMILES string of the molecule is COCCOc1c(Cl)cccc1NC(=O)CCCNC(=O)C1CC1. The number of hydrogen-bond donors (Lipinski definition) is 2. The first kappa shape index (κ1) is 18.5. The van der Waals surface area contributed by atoms with Crippen LogP contribution in [-0.4, -0.2) is 38.7 Å². The lowest BCUT2D eigenvalue weighted by Gasteiger charge is -2.14. The summed E-state index contributed by atoms with van der Waals surface area (Å²) in [4.78, 5) is 23.5. The Hall–Kier alpha value is -1.79. The lowest BCUT2D eigenvalue weighted by Crippen LogP contribution is -2.26. The predicted octanol–water partition coefficient (Wildman–Crippen LogP) is 2.61. The van der Waals surface area contributed by atoms with E-state index in [1.165, 1.54) is 0 Å². The lowest BCUT2D eigenvalue weighted by molar-refractivity contribution is -0.122. The number of amides is 2. The molecule has 7 heteroatoms. The summed E-state index contributed by atoms with van der Waals surface area (Å²) >= 11 is 6.12. The fourth-order valence-corrected chi connectivity index (χ4v) is 2.37. The smallest absolute Gasteiger partial charge is 0.224 e. The van der Waals surface area contributed by atoms with Crippen LogP contribution in [0.25, 0.3) is 0 Å². The van der Waals surface area contributed by atoms with Gasteiger partial charge >= 0.3 is 0 Å². The maximum absolute atomic E-state index is 12.0. The van der Waals surface area contributed by atoms with Gasteiger partial charge in [-0.15, -0.1) is 0 Å². The van der Waals surface area contributed by atoms with Crippen LogP contribution in [0.15, 0.2) is 18.2 Å². The molecule has 0 saturated heterocycles. The van der Waals surface area contributed by atoms with E-state index in [9.17, 15) is 9.59 Å². The minimum atomic E-state index is -0.144. The number of carbonyl (C=O) groups is 2. The molecule has 0 bridgehead atoms. The minimum absolute atomic E-state index is 0.0964. The zero-order valence-electron chi connectivity index (χ0n) is 13.8. The van der Waals surface area contributed by atoms with Crippen molar-refractivity contribution in [1.29, 1.82) is 0 Å². The monoisotopic (exact) mass is 354 g/mol. The zero-order valence-corrected chi connectivity index (χ0v) is 14.5. The van der Waals surface area contributed by atoms with Gasteiger partial charge in [0.25, 0.3) is 0 Å². The first-order valence-corrected chi connectivity index (χ1v) is 8.47. The normalized spacial score (nSPS) is 13.4. The van der Waals surface area contributed by atoms with Gasteiger partial charge in [0.2, 0.25) is 11.8 Å². The van der Waals surface area contributed by atoms with Crippen molar-refractivity contribution in [2.24, 2.45) is 5.92 Å². The van der Waals surface area contributed by atoms with E-state index in [0.29, 0.717) is 49.1 Å². The third-order valence-electron chi connectivity index (χ3n) is 3.60. The molecule has 1 fully saturated rings. The standard InChI is InChI=1S/C17H23ClN2O4/c1-23-10-11-24-16-13(18)4-2-5-14(16)20-15(21)6-3-9-19-17(22)12-7-8-12/h2,4-5,12H,3,6-11H2,1H3,(H,19,22)(H,20,21). The van der Waals surface area contributed by atoms with Gasteiger partial charge in [-0.1, -0.05) is 17.7 Å². The van der Waals surface area contributed by atoms with Crippen LogP contribution in [0.2, 0.25) is 5.02 Å². The van der Waals surface area contributed by atoms with Gasteiger partial charge in [0.05, 0.1) is 17.3 Å². The molecular formula is C17H23ClN2O4. The molecule has 0 radical (unpaired) electrons. The zero-order chi connectivity index (χ0) is 17.4. The molecule has 0 atom stereocenters. The van der Waals surface area contributed by atoms with E-state index >= 15 is 0 Å². The average Bonchev–Trinajstić information content (AvgIpc) is 3.39. The van der Waals surface area contributed by atoms with Crippen LogP contribution >= 0.6 is 11.6 Å². The molecular weight excluding hydrogens is 332 g/mol. The molecule has 1 aromatic rings. The van der Waals surface area contributed by atoms with Crippen LogP contribution in [0.5, 0.6) is 5.75 Å². The predicted molar refractivity (Wildman–Crippen MR) is 92.4 cm³/mol. The Morgan fingerprint density at radius 2 is 2.08 bits per heavy atom. The largest absolute Gasteiger partial charge is 0.487 e. The van der Waals surface area contributed by atoms with Gasteiger partial charge in [0.15, 0.2) is 5.75 Å². The molecule has 0 heterocycles. The highest BCUT2D eigenvalue weighted by Gasteiger charge is 2.28. The summed E-state index contributed by atoms with van der Waals surface area (Å²) in [6.45, 7) is 1.28. The summed E-state index contributed by atoms with van der Waals surface area (Å²) in [7, 11) is 1.58. The van der Waals surface area contributed by atoms with Crippen molar-refractivity contribution < 1.29 is 19.1 Å². The Kier molecular flexibility index (Phi) is 7.34. The Bertz CT molecular complexity index is 576.